The summed E-state index contributed by atoms with van der Waals surface area (Å²) in [6.07, 6.45) is 3.10. The van der Waals surface area contributed by atoms with Crippen LogP contribution in [0.1, 0.15) is 50.0 Å². The number of aromatic nitrogens is 5. The number of nitrogen functional groups attached to an aromatic ring is 1. The average Bonchev–Trinajstić information content (AvgIpc) is 2.98. The van der Waals surface area contributed by atoms with Crippen LogP contribution in [0.3, 0.4) is 0 Å². The molecule has 0 aliphatic heterocycles. The molecule has 2 heterocycles. The van der Waals surface area contributed by atoms with E-state index >= 15 is 0 Å². The minimum absolute atomic E-state index is 0.470. The van der Waals surface area contributed by atoms with E-state index in [4.69, 9.17) is 10.3 Å². The topological polar surface area (TPSA) is 95.7 Å². The van der Waals surface area contributed by atoms with Gasteiger partial charge in [-0.15, -0.1) is 5.10 Å². The van der Waals surface area contributed by atoms with E-state index in [1.807, 2.05) is 0 Å². The van der Waals surface area contributed by atoms with E-state index in [2.05, 4.69) is 34.3 Å². The Morgan fingerprint density at radius 2 is 2.21 bits per heavy atom. The van der Waals surface area contributed by atoms with Crippen molar-refractivity contribution in [3.8, 4) is 0 Å². The molecule has 1 fully saturated rings. The Morgan fingerprint density at radius 3 is 2.89 bits per heavy atom. The van der Waals surface area contributed by atoms with Gasteiger partial charge in [0.1, 0.15) is 6.54 Å². The Balaban J connectivity index is 1.76. The van der Waals surface area contributed by atoms with E-state index in [9.17, 15) is 0 Å². The van der Waals surface area contributed by atoms with Crippen LogP contribution in [0.4, 0.5) is 5.82 Å². The number of nitrogens with zero attached hydrogens (tertiary/aromatic N) is 5. The van der Waals surface area contributed by atoms with Crippen LogP contribution in [-0.2, 0) is 13.0 Å². The van der Waals surface area contributed by atoms with E-state index in [-0.39, 0.29) is 0 Å². The number of rotatable bonds is 5. The monoisotopic (exact) mass is 262 g/mol. The second-order valence-corrected chi connectivity index (χ2v) is 5.49. The van der Waals surface area contributed by atoms with Crippen LogP contribution < -0.4 is 5.73 Å². The van der Waals surface area contributed by atoms with Crippen molar-refractivity contribution < 1.29 is 4.52 Å². The molecule has 2 N–H and O–H groups in total. The number of anilines is 1. The van der Waals surface area contributed by atoms with Crippen LogP contribution in [0, 0.1) is 5.92 Å². The van der Waals surface area contributed by atoms with Crippen molar-refractivity contribution >= 4 is 5.82 Å². The Hall–Kier alpha value is -1.92. The van der Waals surface area contributed by atoms with Gasteiger partial charge in [-0.25, -0.2) is 4.68 Å². The van der Waals surface area contributed by atoms with Crippen molar-refractivity contribution in [1.82, 2.24) is 25.1 Å². The fraction of sp³-hybridized carbons (Fsp3) is 0.667. The van der Waals surface area contributed by atoms with Gasteiger partial charge in [-0.3, -0.25) is 0 Å². The van der Waals surface area contributed by atoms with Gasteiger partial charge in [-0.2, -0.15) is 4.98 Å². The number of hydrogen-bond donors (Lipinski definition) is 1. The molecule has 3 rings (SSSR count). The van der Waals surface area contributed by atoms with Crippen molar-refractivity contribution in [1.29, 1.82) is 0 Å². The molecule has 0 atom stereocenters. The largest absolute Gasteiger partial charge is 0.381 e. The molecule has 1 saturated carbocycles. The lowest BCUT2D eigenvalue weighted by Crippen LogP contribution is -2.08. The zero-order chi connectivity index (χ0) is 13.4. The van der Waals surface area contributed by atoms with E-state index < -0.39 is 0 Å². The summed E-state index contributed by atoms with van der Waals surface area (Å²) in [7, 11) is 0. The second kappa shape index (κ2) is 4.64. The summed E-state index contributed by atoms with van der Waals surface area (Å²) in [5.74, 6) is 2.82. The molecule has 102 valence electrons. The third-order valence-corrected chi connectivity index (χ3v) is 3.15. The van der Waals surface area contributed by atoms with Crippen LogP contribution >= 0.6 is 0 Å². The Labute approximate surface area is 111 Å². The molecular weight excluding hydrogens is 244 g/mol. The van der Waals surface area contributed by atoms with Gasteiger partial charge < -0.3 is 10.3 Å². The molecule has 2 aromatic heterocycles. The van der Waals surface area contributed by atoms with Crippen LogP contribution in [0.15, 0.2) is 4.52 Å². The molecule has 0 saturated heterocycles. The molecule has 1 aliphatic rings. The fourth-order valence-electron chi connectivity index (χ4n) is 2.15. The van der Waals surface area contributed by atoms with Crippen molar-refractivity contribution in [3.63, 3.8) is 0 Å². The van der Waals surface area contributed by atoms with E-state index in [0.29, 0.717) is 35.9 Å². The number of nitrogens with two attached hydrogens (primary N) is 1. The molecule has 19 heavy (non-hydrogen) atoms. The van der Waals surface area contributed by atoms with E-state index in [1.54, 1.807) is 4.68 Å². The normalized spacial score (nSPS) is 15.3. The number of hydrogen-bond acceptors (Lipinski definition) is 6. The highest BCUT2D eigenvalue weighted by Gasteiger charge is 2.30. The molecule has 7 nitrogen and oxygen atoms in total. The van der Waals surface area contributed by atoms with E-state index in [0.717, 1.165) is 25.0 Å². The quantitative estimate of drug-likeness (QED) is 0.874. The molecule has 0 radical (unpaired) electrons. The summed E-state index contributed by atoms with van der Waals surface area (Å²) in [5, 5.41) is 12.0. The highest BCUT2D eigenvalue weighted by atomic mass is 16.5. The van der Waals surface area contributed by atoms with Gasteiger partial charge in [0.2, 0.25) is 5.89 Å². The van der Waals surface area contributed by atoms with Gasteiger partial charge in [-0.1, -0.05) is 24.2 Å². The van der Waals surface area contributed by atoms with Gasteiger partial charge in [0.05, 0.1) is 5.69 Å². The summed E-state index contributed by atoms with van der Waals surface area (Å²) in [6, 6.07) is 0. The molecule has 0 bridgehead atoms. The Kier molecular flexibility index (Phi) is 2.96. The van der Waals surface area contributed by atoms with Crippen LogP contribution in [0.2, 0.25) is 0 Å². The highest BCUT2D eigenvalue weighted by molar-refractivity contribution is 5.38. The maximum atomic E-state index is 5.85. The highest BCUT2D eigenvalue weighted by Crippen LogP contribution is 2.41. The zero-order valence-corrected chi connectivity index (χ0v) is 11.2. The third-order valence-electron chi connectivity index (χ3n) is 3.15. The summed E-state index contributed by atoms with van der Waals surface area (Å²) in [6.45, 7) is 4.71. The van der Waals surface area contributed by atoms with Gasteiger partial charge in [0.15, 0.2) is 11.6 Å². The molecule has 0 amide bonds. The Morgan fingerprint density at radius 1 is 1.42 bits per heavy atom. The fourth-order valence-corrected chi connectivity index (χ4v) is 2.15. The molecule has 2 aromatic rings. The summed E-state index contributed by atoms with van der Waals surface area (Å²) >= 11 is 0. The third kappa shape index (κ3) is 2.59. The molecule has 0 spiro atoms. The Bertz CT molecular complexity index is 569. The van der Waals surface area contributed by atoms with Crippen molar-refractivity contribution in [2.24, 2.45) is 5.92 Å². The molecule has 1 aliphatic carbocycles. The minimum atomic E-state index is 0.470. The van der Waals surface area contributed by atoms with Gasteiger partial charge in [0.25, 0.3) is 0 Å². The van der Waals surface area contributed by atoms with Gasteiger partial charge in [0, 0.05) is 12.3 Å². The predicted octanol–water partition coefficient (Wildman–Crippen LogP) is 1.37. The van der Waals surface area contributed by atoms with Crippen LogP contribution in [0.25, 0.3) is 0 Å². The van der Waals surface area contributed by atoms with Crippen molar-refractivity contribution in [2.45, 2.75) is 45.6 Å². The van der Waals surface area contributed by atoms with Crippen molar-refractivity contribution in [2.75, 3.05) is 5.73 Å². The maximum absolute atomic E-state index is 5.85. The summed E-state index contributed by atoms with van der Waals surface area (Å²) < 4.78 is 7.01. The van der Waals surface area contributed by atoms with Gasteiger partial charge >= 0.3 is 0 Å². The lowest BCUT2D eigenvalue weighted by Gasteiger charge is -2.02. The molecule has 7 heteroatoms. The van der Waals surface area contributed by atoms with Crippen LogP contribution in [-0.4, -0.2) is 25.1 Å². The SMILES string of the molecule is CC(C)Cc1nc(Cn2nnc(N)c2C2CC2)no1. The first-order valence-corrected chi connectivity index (χ1v) is 6.63. The first-order valence-electron chi connectivity index (χ1n) is 6.63. The lowest BCUT2D eigenvalue weighted by atomic mass is 10.1. The summed E-state index contributed by atoms with van der Waals surface area (Å²) in [4.78, 5) is 4.37. The second-order valence-electron chi connectivity index (χ2n) is 5.49. The molecule has 0 aromatic carbocycles. The molecular formula is C12H18N6O. The predicted molar refractivity (Wildman–Crippen MR) is 68.4 cm³/mol. The van der Waals surface area contributed by atoms with Crippen LogP contribution in [0.5, 0.6) is 0 Å². The van der Waals surface area contributed by atoms with E-state index in [1.165, 1.54) is 0 Å². The minimum Gasteiger partial charge on any atom is -0.381 e. The maximum Gasteiger partial charge on any atom is 0.226 e. The van der Waals surface area contributed by atoms with Crippen molar-refractivity contribution in [3.05, 3.63) is 17.4 Å². The zero-order valence-electron chi connectivity index (χ0n) is 11.2. The standard InChI is InChI=1S/C12H18N6O/c1-7(2)5-10-14-9(16-19-10)6-18-11(8-3-4-8)12(13)15-17-18/h7-8H,3-6,13H2,1-2H3. The van der Waals surface area contributed by atoms with Gasteiger partial charge in [-0.05, 0) is 18.8 Å². The average molecular weight is 262 g/mol. The molecule has 0 unspecified atom stereocenters. The first kappa shape index (κ1) is 12.1. The summed E-state index contributed by atoms with van der Waals surface area (Å²) in [5.41, 5.74) is 6.86. The lowest BCUT2D eigenvalue weighted by molar-refractivity contribution is 0.357. The smallest absolute Gasteiger partial charge is 0.226 e. The first-order chi connectivity index (χ1) is 9.13.